The number of piperazine rings is 1. The molecular formula is C18H21FN4O2S. The fourth-order valence-electron chi connectivity index (χ4n) is 2.95. The molecule has 2 aromatic rings. The summed E-state index contributed by atoms with van der Waals surface area (Å²) < 4.78 is 13.3. The first-order valence-electron chi connectivity index (χ1n) is 8.45. The first-order chi connectivity index (χ1) is 12.4. The molecule has 1 fully saturated rings. The lowest BCUT2D eigenvalue weighted by Gasteiger charge is -2.36. The molecular weight excluding hydrogens is 355 g/mol. The van der Waals surface area contributed by atoms with Crippen LogP contribution in [0.2, 0.25) is 0 Å². The number of carbonyl (C=O) groups is 2. The maximum absolute atomic E-state index is 13.3. The molecule has 2 heterocycles. The first kappa shape index (κ1) is 18.5. The van der Waals surface area contributed by atoms with Gasteiger partial charge in [-0.1, -0.05) is 12.1 Å². The predicted octanol–water partition coefficient (Wildman–Crippen LogP) is 1.51. The van der Waals surface area contributed by atoms with Crippen molar-refractivity contribution in [1.82, 2.24) is 14.8 Å². The van der Waals surface area contributed by atoms with Gasteiger partial charge in [0.1, 0.15) is 10.8 Å². The van der Waals surface area contributed by atoms with Gasteiger partial charge in [-0.2, -0.15) is 0 Å². The molecule has 1 atom stereocenters. The normalized spacial score (nSPS) is 16.5. The molecule has 2 amide bonds. The number of halogens is 1. The fraction of sp³-hybridized carbons (Fsp3) is 0.389. The topological polar surface area (TPSA) is 79.5 Å². The molecule has 2 N–H and O–H groups in total. The van der Waals surface area contributed by atoms with Gasteiger partial charge in [-0.3, -0.25) is 14.5 Å². The van der Waals surface area contributed by atoms with Crippen LogP contribution in [0.25, 0.3) is 10.6 Å². The summed E-state index contributed by atoms with van der Waals surface area (Å²) in [6.07, 6.45) is 0.219. The summed E-state index contributed by atoms with van der Waals surface area (Å²) in [4.78, 5) is 32.0. The maximum atomic E-state index is 13.3. The van der Waals surface area contributed by atoms with Crippen molar-refractivity contribution in [1.29, 1.82) is 0 Å². The minimum absolute atomic E-state index is 0.00692. The molecule has 1 aliphatic rings. The van der Waals surface area contributed by atoms with E-state index in [-0.39, 0.29) is 30.1 Å². The van der Waals surface area contributed by atoms with E-state index < -0.39 is 0 Å². The van der Waals surface area contributed by atoms with Crippen molar-refractivity contribution < 1.29 is 14.0 Å². The number of thiazole rings is 1. The van der Waals surface area contributed by atoms with E-state index in [0.29, 0.717) is 42.4 Å². The standard InChI is InChI=1S/C18H21FN4O2S/c1-12(17(20)25)22-5-7-23(8-6-22)16(24)10-15-11-26-18(21-15)13-3-2-4-14(19)9-13/h2-4,9,11-12H,5-8,10H2,1H3,(H2,20,25). The molecule has 26 heavy (non-hydrogen) atoms. The number of hydrogen-bond acceptors (Lipinski definition) is 5. The zero-order valence-corrected chi connectivity index (χ0v) is 15.3. The van der Waals surface area contributed by atoms with E-state index in [1.54, 1.807) is 24.0 Å². The Bertz CT molecular complexity index is 802. The van der Waals surface area contributed by atoms with Crippen molar-refractivity contribution in [3.63, 3.8) is 0 Å². The van der Waals surface area contributed by atoms with Crippen LogP contribution in [0.1, 0.15) is 12.6 Å². The fourth-order valence-corrected chi connectivity index (χ4v) is 3.76. The highest BCUT2D eigenvalue weighted by atomic mass is 32.1. The van der Waals surface area contributed by atoms with Gasteiger partial charge < -0.3 is 10.6 Å². The van der Waals surface area contributed by atoms with Crippen LogP contribution in [-0.2, 0) is 16.0 Å². The van der Waals surface area contributed by atoms with Crippen molar-refractivity contribution in [3.05, 3.63) is 41.2 Å². The van der Waals surface area contributed by atoms with E-state index in [1.807, 2.05) is 10.3 Å². The molecule has 6 nitrogen and oxygen atoms in total. The smallest absolute Gasteiger partial charge is 0.234 e. The van der Waals surface area contributed by atoms with Crippen LogP contribution >= 0.6 is 11.3 Å². The second kappa shape index (κ2) is 7.92. The summed E-state index contributed by atoms with van der Waals surface area (Å²) in [5.74, 6) is -0.650. The molecule has 0 radical (unpaired) electrons. The van der Waals surface area contributed by atoms with Gasteiger partial charge >= 0.3 is 0 Å². The van der Waals surface area contributed by atoms with Crippen molar-refractivity contribution in [3.8, 4) is 10.6 Å². The summed E-state index contributed by atoms with van der Waals surface area (Å²) in [5.41, 5.74) is 6.73. The highest BCUT2D eigenvalue weighted by Gasteiger charge is 2.26. The minimum Gasteiger partial charge on any atom is -0.368 e. The van der Waals surface area contributed by atoms with E-state index in [9.17, 15) is 14.0 Å². The SMILES string of the molecule is CC(C(N)=O)N1CCN(C(=O)Cc2csc(-c3cccc(F)c3)n2)CC1. The van der Waals surface area contributed by atoms with Gasteiger partial charge in [0.2, 0.25) is 11.8 Å². The van der Waals surface area contributed by atoms with E-state index >= 15 is 0 Å². The van der Waals surface area contributed by atoms with Crippen LogP contribution in [0.3, 0.4) is 0 Å². The molecule has 0 spiro atoms. The molecule has 0 saturated carbocycles. The average Bonchev–Trinajstić information content (AvgIpc) is 3.09. The Morgan fingerprint density at radius 3 is 2.69 bits per heavy atom. The first-order valence-corrected chi connectivity index (χ1v) is 9.33. The van der Waals surface area contributed by atoms with Gasteiger partial charge in [0.25, 0.3) is 0 Å². The van der Waals surface area contributed by atoms with Crippen molar-refractivity contribution in [2.45, 2.75) is 19.4 Å². The Morgan fingerprint density at radius 1 is 1.31 bits per heavy atom. The molecule has 3 rings (SSSR count). The molecule has 0 bridgehead atoms. The van der Waals surface area contributed by atoms with E-state index in [4.69, 9.17) is 5.73 Å². The number of nitrogens with zero attached hydrogens (tertiary/aromatic N) is 3. The average molecular weight is 376 g/mol. The number of rotatable bonds is 5. The number of aromatic nitrogens is 1. The van der Waals surface area contributed by atoms with Crippen LogP contribution < -0.4 is 5.73 Å². The van der Waals surface area contributed by atoms with Gasteiger partial charge in [-0.25, -0.2) is 9.37 Å². The van der Waals surface area contributed by atoms with Crippen LogP contribution in [0.15, 0.2) is 29.6 Å². The molecule has 1 unspecified atom stereocenters. The van der Waals surface area contributed by atoms with Crippen molar-refractivity contribution in [2.24, 2.45) is 5.73 Å². The van der Waals surface area contributed by atoms with E-state index in [0.717, 1.165) is 0 Å². The molecule has 1 aliphatic heterocycles. The second-order valence-electron chi connectivity index (χ2n) is 6.33. The van der Waals surface area contributed by atoms with Crippen molar-refractivity contribution >= 4 is 23.2 Å². The van der Waals surface area contributed by atoms with Crippen molar-refractivity contribution in [2.75, 3.05) is 26.2 Å². The number of primary amides is 1. The zero-order chi connectivity index (χ0) is 18.7. The lowest BCUT2D eigenvalue weighted by molar-refractivity contribution is -0.133. The summed E-state index contributed by atoms with van der Waals surface area (Å²) in [6, 6.07) is 5.94. The summed E-state index contributed by atoms with van der Waals surface area (Å²) in [5, 5.41) is 2.54. The number of amides is 2. The predicted molar refractivity (Wildman–Crippen MR) is 98.0 cm³/mol. The van der Waals surface area contributed by atoms with Crippen LogP contribution in [0, 0.1) is 5.82 Å². The quantitative estimate of drug-likeness (QED) is 0.858. The molecule has 138 valence electrons. The molecule has 1 aromatic carbocycles. The second-order valence-corrected chi connectivity index (χ2v) is 7.18. The summed E-state index contributed by atoms with van der Waals surface area (Å²) >= 11 is 1.40. The number of nitrogens with two attached hydrogens (primary N) is 1. The molecule has 8 heteroatoms. The lowest BCUT2D eigenvalue weighted by atomic mass is 10.2. The van der Waals surface area contributed by atoms with Gasteiger partial charge in [-0.15, -0.1) is 11.3 Å². The zero-order valence-electron chi connectivity index (χ0n) is 14.5. The number of hydrogen-bond donors (Lipinski definition) is 1. The maximum Gasteiger partial charge on any atom is 0.234 e. The highest BCUT2D eigenvalue weighted by molar-refractivity contribution is 7.13. The Hall–Kier alpha value is -2.32. The van der Waals surface area contributed by atoms with Crippen LogP contribution in [0.4, 0.5) is 4.39 Å². The van der Waals surface area contributed by atoms with E-state index in [2.05, 4.69) is 4.98 Å². The molecule has 0 aliphatic carbocycles. The third-order valence-electron chi connectivity index (χ3n) is 4.58. The number of carbonyl (C=O) groups excluding carboxylic acids is 2. The third-order valence-corrected chi connectivity index (χ3v) is 5.52. The summed E-state index contributed by atoms with van der Waals surface area (Å²) in [7, 11) is 0. The van der Waals surface area contributed by atoms with Gasteiger partial charge in [0.15, 0.2) is 0 Å². The Morgan fingerprint density at radius 2 is 2.04 bits per heavy atom. The van der Waals surface area contributed by atoms with Crippen LogP contribution in [0.5, 0.6) is 0 Å². The van der Waals surface area contributed by atoms with Crippen LogP contribution in [-0.4, -0.2) is 58.8 Å². The minimum atomic E-state index is -0.350. The third kappa shape index (κ3) is 4.25. The van der Waals surface area contributed by atoms with Gasteiger partial charge in [0.05, 0.1) is 18.2 Å². The Labute approximate surface area is 155 Å². The van der Waals surface area contributed by atoms with Gasteiger partial charge in [0, 0.05) is 37.1 Å². The van der Waals surface area contributed by atoms with E-state index in [1.165, 1.54) is 23.5 Å². The number of benzene rings is 1. The summed E-state index contributed by atoms with van der Waals surface area (Å²) in [6.45, 7) is 4.17. The Kier molecular flexibility index (Phi) is 5.63. The lowest BCUT2D eigenvalue weighted by Crippen LogP contribution is -2.54. The monoisotopic (exact) mass is 376 g/mol. The Balaban J connectivity index is 1.57. The largest absolute Gasteiger partial charge is 0.368 e. The molecule has 1 saturated heterocycles. The highest BCUT2D eigenvalue weighted by Crippen LogP contribution is 2.24. The molecule has 1 aromatic heterocycles. The van der Waals surface area contributed by atoms with Gasteiger partial charge in [-0.05, 0) is 19.1 Å².